The van der Waals surface area contributed by atoms with Gasteiger partial charge < -0.3 is 15.0 Å². The Hall–Kier alpha value is -3.33. The third-order valence-corrected chi connectivity index (χ3v) is 6.97. The smallest absolute Gasteiger partial charge is 0.261 e. The Morgan fingerprint density at radius 2 is 1.61 bits per heavy atom. The first kappa shape index (κ1) is 22.8. The lowest BCUT2D eigenvalue weighted by Gasteiger charge is -2.28. The number of sulfonamides is 1. The van der Waals surface area contributed by atoms with Gasteiger partial charge in [-0.1, -0.05) is 0 Å². The van der Waals surface area contributed by atoms with Crippen LogP contribution in [-0.4, -0.2) is 38.6 Å². The van der Waals surface area contributed by atoms with Gasteiger partial charge >= 0.3 is 0 Å². The summed E-state index contributed by atoms with van der Waals surface area (Å²) in [5.41, 5.74) is 2.89. The predicted molar refractivity (Wildman–Crippen MR) is 131 cm³/mol. The first-order valence-electron chi connectivity index (χ1n) is 11.0. The molecule has 2 heterocycles. The molecule has 4 rings (SSSR count). The highest BCUT2D eigenvalue weighted by Gasteiger charge is 2.16. The average molecular weight is 468 g/mol. The number of anilines is 4. The largest absolute Gasteiger partial charge is 0.496 e. The van der Waals surface area contributed by atoms with Crippen LogP contribution in [0.3, 0.4) is 0 Å². The van der Waals surface area contributed by atoms with Gasteiger partial charge in [0.25, 0.3) is 10.0 Å². The number of methoxy groups -OCH3 is 1. The molecule has 0 spiro atoms. The zero-order valence-corrected chi connectivity index (χ0v) is 19.9. The lowest BCUT2D eigenvalue weighted by Crippen LogP contribution is -2.30. The average Bonchev–Trinajstić information content (AvgIpc) is 2.80. The van der Waals surface area contributed by atoms with Crippen molar-refractivity contribution in [1.29, 1.82) is 0 Å². The van der Waals surface area contributed by atoms with Crippen LogP contribution in [0.1, 0.15) is 30.5 Å². The van der Waals surface area contributed by atoms with Crippen LogP contribution in [0.15, 0.2) is 53.4 Å². The molecule has 2 aromatic carbocycles. The summed E-state index contributed by atoms with van der Waals surface area (Å²) in [4.78, 5) is 11.7. The van der Waals surface area contributed by atoms with E-state index in [1.807, 2.05) is 19.9 Å². The molecule has 1 aliphatic heterocycles. The normalized spacial score (nSPS) is 14.1. The number of hydrogen-bond acceptors (Lipinski definition) is 7. The predicted octanol–water partition coefficient (Wildman–Crippen LogP) is 4.64. The van der Waals surface area contributed by atoms with E-state index in [-0.39, 0.29) is 4.90 Å². The number of nitrogens with zero attached hydrogens (tertiary/aromatic N) is 3. The molecule has 1 fully saturated rings. The molecule has 0 aliphatic carbocycles. The second-order valence-electron chi connectivity index (χ2n) is 8.18. The lowest BCUT2D eigenvalue weighted by molar-refractivity contribution is 0.411. The standard InChI is InChI=1S/C24H29N5O3S/c1-17-15-21(11-12-22(17)32-3)33(30,31)28-20-9-7-19(8-10-20)26-24-25-18(2)16-23(27-24)29-13-5-4-6-14-29/h7-12,15-16,28H,4-6,13-14H2,1-3H3,(H,25,26,27). The van der Waals surface area contributed by atoms with Crippen LogP contribution in [0.2, 0.25) is 0 Å². The van der Waals surface area contributed by atoms with Gasteiger partial charge in [0.2, 0.25) is 5.95 Å². The summed E-state index contributed by atoms with van der Waals surface area (Å²) >= 11 is 0. The number of aromatic nitrogens is 2. The fourth-order valence-electron chi connectivity index (χ4n) is 3.88. The van der Waals surface area contributed by atoms with Crippen molar-refractivity contribution in [2.75, 3.05) is 35.1 Å². The molecule has 33 heavy (non-hydrogen) atoms. The van der Waals surface area contributed by atoms with Gasteiger partial charge in [-0.3, -0.25) is 4.72 Å². The highest BCUT2D eigenvalue weighted by atomic mass is 32.2. The Morgan fingerprint density at radius 3 is 2.27 bits per heavy atom. The fourth-order valence-corrected chi connectivity index (χ4v) is 5.02. The molecular formula is C24H29N5O3S. The molecule has 0 radical (unpaired) electrons. The van der Waals surface area contributed by atoms with E-state index in [0.29, 0.717) is 17.4 Å². The van der Waals surface area contributed by atoms with Gasteiger partial charge in [0.15, 0.2) is 0 Å². The summed E-state index contributed by atoms with van der Waals surface area (Å²) in [7, 11) is -2.16. The van der Waals surface area contributed by atoms with Gasteiger partial charge in [-0.25, -0.2) is 13.4 Å². The minimum Gasteiger partial charge on any atom is -0.496 e. The number of rotatable bonds is 7. The second-order valence-corrected chi connectivity index (χ2v) is 9.86. The van der Waals surface area contributed by atoms with Gasteiger partial charge in [-0.2, -0.15) is 4.98 Å². The highest BCUT2D eigenvalue weighted by molar-refractivity contribution is 7.92. The van der Waals surface area contributed by atoms with Crippen molar-refractivity contribution in [3.8, 4) is 5.75 Å². The van der Waals surface area contributed by atoms with Crippen LogP contribution in [0.4, 0.5) is 23.1 Å². The van der Waals surface area contributed by atoms with E-state index >= 15 is 0 Å². The van der Waals surface area contributed by atoms with Crippen LogP contribution < -0.4 is 19.7 Å². The first-order chi connectivity index (χ1) is 15.8. The Kier molecular flexibility index (Phi) is 6.69. The van der Waals surface area contributed by atoms with E-state index in [1.54, 1.807) is 43.5 Å². The van der Waals surface area contributed by atoms with Crippen LogP contribution in [-0.2, 0) is 10.0 Å². The topological polar surface area (TPSA) is 96.5 Å². The zero-order chi connectivity index (χ0) is 23.4. The van der Waals surface area contributed by atoms with Crippen molar-refractivity contribution in [2.24, 2.45) is 0 Å². The molecule has 2 N–H and O–H groups in total. The van der Waals surface area contributed by atoms with E-state index in [2.05, 4.69) is 24.9 Å². The van der Waals surface area contributed by atoms with Crippen molar-refractivity contribution in [3.05, 3.63) is 59.8 Å². The molecular weight excluding hydrogens is 438 g/mol. The summed E-state index contributed by atoms with van der Waals surface area (Å²) < 4.78 is 33.3. The number of aryl methyl sites for hydroxylation is 2. The van der Waals surface area contributed by atoms with Crippen molar-refractivity contribution < 1.29 is 13.2 Å². The van der Waals surface area contributed by atoms with Crippen molar-refractivity contribution >= 4 is 33.2 Å². The van der Waals surface area contributed by atoms with Crippen LogP contribution >= 0.6 is 0 Å². The Labute approximate surface area is 195 Å². The van der Waals surface area contributed by atoms with Crippen LogP contribution in [0, 0.1) is 13.8 Å². The third kappa shape index (κ3) is 5.54. The van der Waals surface area contributed by atoms with E-state index in [1.165, 1.54) is 25.3 Å². The minimum absolute atomic E-state index is 0.182. The van der Waals surface area contributed by atoms with Crippen LogP contribution in [0.25, 0.3) is 0 Å². The molecule has 1 aliphatic rings. The molecule has 0 bridgehead atoms. The summed E-state index contributed by atoms with van der Waals surface area (Å²) in [6.07, 6.45) is 3.62. The summed E-state index contributed by atoms with van der Waals surface area (Å²) in [6.45, 7) is 5.79. The molecule has 9 heteroatoms. The molecule has 3 aromatic rings. The molecule has 1 aromatic heterocycles. The van der Waals surface area contributed by atoms with Gasteiger partial charge in [0, 0.05) is 36.2 Å². The summed E-state index contributed by atoms with van der Waals surface area (Å²) in [5, 5.41) is 3.23. The van der Waals surface area contributed by atoms with Gasteiger partial charge in [0.1, 0.15) is 11.6 Å². The quantitative estimate of drug-likeness (QED) is 0.523. The number of hydrogen-bond donors (Lipinski definition) is 2. The van der Waals surface area contributed by atoms with Crippen molar-refractivity contribution in [1.82, 2.24) is 9.97 Å². The minimum atomic E-state index is -3.71. The Morgan fingerprint density at radius 1 is 0.909 bits per heavy atom. The second kappa shape index (κ2) is 9.66. The fraction of sp³-hybridized carbons (Fsp3) is 0.333. The number of ether oxygens (including phenoxy) is 1. The summed E-state index contributed by atoms with van der Waals surface area (Å²) in [5.74, 6) is 2.10. The maximum absolute atomic E-state index is 12.8. The van der Waals surface area contributed by atoms with Crippen LogP contribution in [0.5, 0.6) is 5.75 Å². The van der Waals surface area contributed by atoms with Crippen molar-refractivity contribution in [2.45, 2.75) is 38.0 Å². The molecule has 0 atom stereocenters. The number of piperidine rings is 1. The lowest BCUT2D eigenvalue weighted by atomic mass is 10.1. The van der Waals surface area contributed by atoms with Crippen molar-refractivity contribution in [3.63, 3.8) is 0 Å². The molecule has 1 saturated heterocycles. The van der Waals surface area contributed by atoms with E-state index in [4.69, 9.17) is 4.74 Å². The van der Waals surface area contributed by atoms with Gasteiger partial charge in [-0.05, 0) is 81.1 Å². The zero-order valence-electron chi connectivity index (χ0n) is 19.1. The van der Waals surface area contributed by atoms with E-state index in [9.17, 15) is 8.42 Å². The maximum Gasteiger partial charge on any atom is 0.261 e. The van der Waals surface area contributed by atoms with E-state index in [0.717, 1.165) is 35.9 Å². The molecule has 0 amide bonds. The third-order valence-electron chi connectivity index (χ3n) is 5.59. The summed E-state index contributed by atoms with van der Waals surface area (Å²) in [6, 6.07) is 13.8. The monoisotopic (exact) mass is 467 g/mol. The van der Waals surface area contributed by atoms with E-state index < -0.39 is 10.0 Å². The Balaban J connectivity index is 1.46. The molecule has 0 unspecified atom stereocenters. The maximum atomic E-state index is 12.8. The van der Waals surface area contributed by atoms with Gasteiger partial charge in [-0.15, -0.1) is 0 Å². The first-order valence-corrected chi connectivity index (χ1v) is 12.5. The molecule has 8 nitrogen and oxygen atoms in total. The highest BCUT2D eigenvalue weighted by Crippen LogP contribution is 2.25. The molecule has 0 saturated carbocycles. The number of nitrogens with one attached hydrogen (secondary N) is 2. The number of benzene rings is 2. The Bertz CT molecular complexity index is 1220. The SMILES string of the molecule is COc1ccc(S(=O)(=O)Nc2ccc(Nc3nc(C)cc(N4CCCCC4)n3)cc2)cc1C. The molecule has 174 valence electrons. The van der Waals surface area contributed by atoms with Gasteiger partial charge in [0.05, 0.1) is 12.0 Å².